The van der Waals surface area contributed by atoms with E-state index in [0.717, 1.165) is 35.8 Å². The molecule has 0 saturated carbocycles. The van der Waals surface area contributed by atoms with Crippen molar-refractivity contribution in [1.82, 2.24) is 5.32 Å². The van der Waals surface area contributed by atoms with Crippen molar-refractivity contribution in [2.75, 3.05) is 13.1 Å². The van der Waals surface area contributed by atoms with Gasteiger partial charge in [-0.15, -0.1) is 0 Å². The highest BCUT2D eigenvalue weighted by atomic mass is 16.3. The molecule has 0 amide bonds. The first-order valence-corrected chi connectivity index (χ1v) is 5.86. The van der Waals surface area contributed by atoms with Crippen LogP contribution in [0, 0.1) is 0 Å². The minimum atomic E-state index is 0.0961. The molecule has 0 radical (unpaired) electrons. The number of hydrogen-bond acceptors (Lipinski definition) is 3. The lowest BCUT2D eigenvalue weighted by atomic mass is 10.0. The Kier molecular flexibility index (Phi) is 3.49. The van der Waals surface area contributed by atoms with Gasteiger partial charge in [0, 0.05) is 11.5 Å². The lowest BCUT2D eigenvalue weighted by Crippen LogP contribution is -2.16. The summed E-state index contributed by atoms with van der Waals surface area (Å²) in [6, 6.07) is 8.91. The number of phenolic OH excluding ortho intramolecular Hbond substituents is 2. The van der Waals surface area contributed by atoms with Crippen LogP contribution < -0.4 is 5.32 Å². The molecule has 2 aromatic carbocycles. The van der Waals surface area contributed by atoms with E-state index in [-0.39, 0.29) is 11.5 Å². The van der Waals surface area contributed by atoms with Crippen LogP contribution in [-0.2, 0) is 6.42 Å². The van der Waals surface area contributed by atoms with E-state index in [9.17, 15) is 10.2 Å². The SMILES string of the molecule is CCNCCc1cccc2cc(O)cc(O)c12. The smallest absolute Gasteiger partial charge is 0.127 e. The van der Waals surface area contributed by atoms with Crippen molar-refractivity contribution in [2.45, 2.75) is 13.3 Å². The zero-order chi connectivity index (χ0) is 12.3. The second kappa shape index (κ2) is 5.06. The van der Waals surface area contributed by atoms with E-state index in [2.05, 4.69) is 12.2 Å². The Labute approximate surface area is 101 Å². The van der Waals surface area contributed by atoms with Gasteiger partial charge >= 0.3 is 0 Å². The Morgan fingerprint density at radius 3 is 2.76 bits per heavy atom. The van der Waals surface area contributed by atoms with Gasteiger partial charge < -0.3 is 15.5 Å². The average molecular weight is 231 g/mol. The number of rotatable bonds is 4. The first-order chi connectivity index (χ1) is 8.22. The van der Waals surface area contributed by atoms with Crippen LogP contribution in [0.15, 0.2) is 30.3 Å². The minimum absolute atomic E-state index is 0.0961. The third kappa shape index (κ3) is 2.50. The molecular weight excluding hydrogens is 214 g/mol. The Hall–Kier alpha value is -1.74. The van der Waals surface area contributed by atoms with Crippen molar-refractivity contribution < 1.29 is 10.2 Å². The molecule has 0 aliphatic heterocycles. The van der Waals surface area contributed by atoms with Crippen molar-refractivity contribution in [2.24, 2.45) is 0 Å². The van der Waals surface area contributed by atoms with Gasteiger partial charge in [-0.3, -0.25) is 0 Å². The van der Waals surface area contributed by atoms with Crippen molar-refractivity contribution in [3.05, 3.63) is 35.9 Å². The fourth-order valence-electron chi connectivity index (χ4n) is 2.07. The van der Waals surface area contributed by atoms with Gasteiger partial charge in [-0.05, 0) is 36.5 Å². The molecule has 2 rings (SSSR count). The molecule has 0 spiro atoms. The van der Waals surface area contributed by atoms with E-state index in [4.69, 9.17) is 0 Å². The summed E-state index contributed by atoms with van der Waals surface area (Å²) in [4.78, 5) is 0. The van der Waals surface area contributed by atoms with Gasteiger partial charge in [0.05, 0.1) is 0 Å². The third-order valence-corrected chi connectivity index (χ3v) is 2.85. The van der Waals surface area contributed by atoms with Crippen LogP contribution in [-0.4, -0.2) is 23.3 Å². The molecule has 2 aromatic rings. The first kappa shape index (κ1) is 11.7. The Balaban J connectivity index is 2.42. The zero-order valence-corrected chi connectivity index (χ0v) is 9.90. The van der Waals surface area contributed by atoms with E-state index < -0.39 is 0 Å². The number of benzene rings is 2. The highest BCUT2D eigenvalue weighted by molar-refractivity contribution is 5.92. The number of phenols is 2. The summed E-state index contributed by atoms with van der Waals surface area (Å²) < 4.78 is 0. The van der Waals surface area contributed by atoms with Gasteiger partial charge in [0.15, 0.2) is 0 Å². The highest BCUT2D eigenvalue weighted by Gasteiger charge is 2.07. The van der Waals surface area contributed by atoms with E-state index in [0.29, 0.717) is 0 Å². The van der Waals surface area contributed by atoms with Gasteiger partial charge in [0.25, 0.3) is 0 Å². The maximum atomic E-state index is 9.91. The molecule has 0 atom stereocenters. The summed E-state index contributed by atoms with van der Waals surface area (Å²) >= 11 is 0. The average Bonchev–Trinajstić information content (AvgIpc) is 2.28. The maximum absolute atomic E-state index is 9.91. The monoisotopic (exact) mass is 231 g/mol. The topological polar surface area (TPSA) is 52.5 Å². The van der Waals surface area contributed by atoms with Gasteiger partial charge in [0.1, 0.15) is 11.5 Å². The Bertz CT molecular complexity index is 523. The molecule has 3 nitrogen and oxygen atoms in total. The lowest BCUT2D eigenvalue weighted by Gasteiger charge is -2.09. The quantitative estimate of drug-likeness (QED) is 0.708. The molecular formula is C14H17NO2. The maximum Gasteiger partial charge on any atom is 0.127 e. The standard InChI is InChI=1S/C14H17NO2/c1-2-15-7-6-10-4-3-5-11-8-12(16)9-13(17)14(10)11/h3-5,8-9,15-17H,2,6-7H2,1H3. The van der Waals surface area contributed by atoms with Crippen LogP contribution in [0.3, 0.4) is 0 Å². The molecule has 0 fully saturated rings. The minimum Gasteiger partial charge on any atom is -0.508 e. The van der Waals surface area contributed by atoms with Crippen molar-refractivity contribution in [1.29, 1.82) is 0 Å². The predicted octanol–water partition coefficient (Wildman–Crippen LogP) is 2.40. The van der Waals surface area contributed by atoms with Crippen LogP contribution >= 0.6 is 0 Å². The summed E-state index contributed by atoms with van der Waals surface area (Å²) in [5, 5.41) is 24.3. The second-order valence-corrected chi connectivity index (χ2v) is 4.08. The molecule has 0 heterocycles. The Morgan fingerprint density at radius 2 is 2.00 bits per heavy atom. The van der Waals surface area contributed by atoms with Gasteiger partial charge in [-0.2, -0.15) is 0 Å². The number of nitrogens with one attached hydrogen (secondary N) is 1. The lowest BCUT2D eigenvalue weighted by molar-refractivity contribution is 0.455. The van der Waals surface area contributed by atoms with Crippen LogP contribution in [0.2, 0.25) is 0 Å². The summed E-state index contributed by atoms with van der Waals surface area (Å²) in [5.41, 5.74) is 1.10. The molecule has 3 N–H and O–H groups in total. The van der Waals surface area contributed by atoms with Crippen LogP contribution in [0.25, 0.3) is 10.8 Å². The summed E-state index contributed by atoms with van der Waals surface area (Å²) in [6.45, 7) is 3.89. The summed E-state index contributed by atoms with van der Waals surface area (Å²) in [5.74, 6) is 0.242. The van der Waals surface area contributed by atoms with Crippen molar-refractivity contribution in [3.8, 4) is 11.5 Å². The predicted molar refractivity (Wildman–Crippen MR) is 69.5 cm³/mol. The van der Waals surface area contributed by atoms with Gasteiger partial charge in [-0.1, -0.05) is 25.1 Å². The van der Waals surface area contributed by atoms with E-state index in [1.807, 2.05) is 18.2 Å². The number of aromatic hydroxyl groups is 2. The molecule has 0 aromatic heterocycles. The summed E-state index contributed by atoms with van der Waals surface area (Å²) in [6.07, 6.45) is 0.865. The van der Waals surface area contributed by atoms with Gasteiger partial charge in [-0.25, -0.2) is 0 Å². The molecule has 0 aliphatic rings. The summed E-state index contributed by atoms with van der Waals surface area (Å²) in [7, 11) is 0. The molecule has 17 heavy (non-hydrogen) atoms. The molecule has 0 aliphatic carbocycles. The van der Waals surface area contributed by atoms with Crippen LogP contribution in [0.1, 0.15) is 12.5 Å². The molecule has 90 valence electrons. The normalized spacial score (nSPS) is 10.9. The second-order valence-electron chi connectivity index (χ2n) is 4.08. The number of likely N-dealkylation sites (N-methyl/N-ethyl adjacent to an activating group) is 1. The molecule has 0 unspecified atom stereocenters. The first-order valence-electron chi connectivity index (χ1n) is 5.86. The van der Waals surface area contributed by atoms with Crippen molar-refractivity contribution in [3.63, 3.8) is 0 Å². The fourth-order valence-corrected chi connectivity index (χ4v) is 2.07. The molecule has 3 heteroatoms. The van der Waals surface area contributed by atoms with Gasteiger partial charge in [0.2, 0.25) is 0 Å². The molecule has 0 bridgehead atoms. The number of fused-ring (bicyclic) bond motifs is 1. The third-order valence-electron chi connectivity index (χ3n) is 2.85. The largest absolute Gasteiger partial charge is 0.508 e. The van der Waals surface area contributed by atoms with Crippen molar-refractivity contribution >= 4 is 10.8 Å². The van der Waals surface area contributed by atoms with E-state index >= 15 is 0 Å². The number of hydrogen-bond donors (Lipinski definition) is 3. The zero-order valence-electron chi connectivity index (χ0n) is 9.90. The Morgan fingerprint density at radius 1 is 1.18 bits per heavy atom. The fraction of sp³-hybridized carbons (Fsp3) is 0.286. The van der Waals surface area contributed by atoms with E-state index in [1.54, 1.807) is 6.07 Å². The highest BCUT2D eigenvalue weighted by Crippen LogP contribution is 2.32. The van der Waals surface area contributed by atoms with E-state index in [1.165, 1.54) is 6.07 Å². The van der Waals surface area contributed by atoms with Crippen LogP contribution in [0.4, 0.5) is 0 Å². The molecule has 0 saturated heterocycles. The van der Waals surface area contributed by atoms with Crippen LogP contribution in [0.5, 0.6) is 11.5 Å².